The number of piperidine rings is 1. The average Bonchev–Trinajstić information content (AvgIpc) is 2.54. The van der Waals surface area contributed by atoms with Crippen LogP contribution in [0.3, 0.4) is 0 Å². The molecule has 1 N–H and O–H groups in total. The highest BCUT2D eigenvalue weighted by Crippen LogP contribution is 2.36. The van der Waals surface area contributed by atoms with Gasteiger partial charge in [-0.05, 0) is 49.6 Å². The summed E-state index contributed by atoms with van der Waals surface area (Å²) < 4.78 is 0. The van der Waals surface area contributed by atoms with Crippen molar-refractivity contribution in [2.45, 2.75) is 51.0 Å². The van der Waals surface area contributed by atoms with E-state index >= 15 is 0 Å². The predicted molar refractivity (Wildman–Crippen MR) is 87.3 cm³/mol. The molecule has 1 aromatic rings. The van der Waals surface area contributed by atoms with E-state index in [0.717, 1.165) is 31.2 Å². The zero-order valence-electron chi connectivity index (χ0n) is 13.1. The van der Waals surface area contributed by atoms with Gasteiger partial charge < -0.3 is 10.0 Å². The number of benzene rings is 1. The van der Waals surface area contributed by atoms with Gasteiger partial charge in [0.25, 0.3) is 0 Å². The normalized spacial score (nSPS) is 28.0. The van der Waals surface area contributed by atoms with Crippen molar-refractivity contribution in [3.05, 3.63) is 35.9 Å². The molecule has 1 heterocycles. The molecule has 1 aliphatic carbocycles. The van der Waals surface area contributed by atoms with Crippen molar-refractivity contribution in [1.82, 2.24) is 4.90 Å². The number of rotatable bonds is 5. The molecule has 3 rings (SSSR count). The van der Waals surface area contributed by atoms with Gasteiger partial charge in [0.1, 0.15) is 0 Å². The van der Waals surface area contributed by atoms with Crippen LogP contribution in [0.4, 0.5) is 0 Å². The maximum absolute atomic E-state index is 10.3. The number of aliphatic hydroxyl groups is 1. The number of hydrogen-bond acceptors (Lipinski definition) is 2. The van der Waals surface area contributed by atoms with Crippen molar-refractivity contribution in [2.24, 2.45) is 11.8 Å². The third-order valence-corrected chi connectivity index (χ3v) is 5.45. The molecule has 2 heteroatoms. The Bertz CT molecular complexity index is 419. The molecule has 1 aromatic carbocycles. The number of aryl methyl sites for hydroxylation is 1. The van der Waals surface area contributed by atoms with Crippen molar-refractivity contribution < 1.29 is 5.11 Å². The van der Waals surface area contributed by atoms with Crippen molar-refractivity contribution in [2.75, 3.05) is 19.6 Å². The summed E-state index contributed by atoms with van der Waals surface area (Å²) in [4.78, 5) is 2.52. The third kappa shape index (κ3) is 4.31. The lowest BCUT2D eigenvalue weighted by molar-refractivity contribution is 0.0437. The van der Waals surface area contributed by atoms with Crippen LogP contribution in [0, 0.1) is 11.8 Å². The monoisotopic (exact) mass is 287 g/mol. The molecule has 0 amide bonds. The number of hydrogen-bond donors (Lipinski definition) is 1. The van der Waals surface area contributed by atoms with Crippen molar-refractivity contribution in [3.63, 3.8) is 0 Å². The smallest absolute Gasteiger partial charge is 0.0670 e. The number of β-amino-alcohol motifs (C(OH)–C–C–N with tert-alkyl or cyclic N) is 1. The molecule has 116 valence electrons. The lowest BCUT2D eigenvalue weighted by Crippen LogP contribution is -2.44. The second kappa shape index (κ2) is 7.42. The number of fused-ring (bicyclic) bond motifs is 1. The van der Waals surface area contributed by atoms with E-state index in [0.29, 0.717) is 0 Å². The van der Waals surface area contributed by atoms with Crippen LogP contribution >= 0.6 is 0 Å². The Morgan fingerprint density at radius 3 is 2.62 bits per heavy atom. The summed E-state index contributed by atoms with van der Waals surface area (Å²) in [5, 5.41) is 10.3. The van der Waals surface area contributed by atoms with Gasteiger partial charge in [-0.3, -0.25) is 0 Å². The highest BCUT2D eigenvalue weighted by Gasteiger charge is 2.31. The van der Waals surface area contributed by atoms with Gasteiger partial charge in [-0.2, -0.15) is 0 Å². The summed E-state index contributed by atoms with van der Waals surface area (Å²) in [5.74, 6) is 1.89. The second-order valence-electron chi connectivity index (χ2n) is 7.03. The van der Waals surface area contributed by atoms with Crippen molar-refractivity contribution in [1.29, 1.82) is 0 Å². The van der Waals surface area contributed by atoms with E-state index in [2.05, 4.69) is 29.2 Å². The molecule has 0 spiro atoms. The van der Waals surface area contributed by atoms with Crippen LogP contribution in [0.15, 0.2) is 30.3 Å². The van der Waals surface area contributed by atoms with E-state index in [4.69, 9.17) is 0 Å². The minimum Gasteiger partial charge on any atom is -0.392 e. The van der Waals surface area contributed by atoms with E-state index in [1.807, 2.05) is 6.07 Å². The molecule has 1 saturated heterocycles. The minimum atomic E-state index is -0.176. The van der Waals surface area contributed by atoms with Gasteiger partial charge in [-0.1, -0.05) is 49.6 Å². The summed E-state index contributed by atoms with van der Waals surface area (Å²) in [6.07, 6.45) is 8.79. The van der Waals surface area contributed by atoms with Crippen LogP contribution in [0.2, 0.25) is 0 Å². The lowest BCUT2D eigenvalue weighted by Gasteiger charge is -2.41. The van der Waals surface area contributed by atoms with Gasteiger partial charge in [-0.25, -0.2) is 0 Å². The van der Waals surface area contributed by atoms with Gasteiger partial charge in [0.2, 0.25) is 0 Å². The number of likely N-dealkylation sites (tertiary alicyclic amines) is 1. The Kier molecular flexibility index (Phi) is 5.32. The Morgan fingerprint density at radius 2 is 1.81 bits per heavy atom. The summed E-state index contributed by atoms with van der Waals surface area (Å²) in [6.45, 7) is 3.30. The number of aliphatic hydroxyl groups excluding tert-OH is 1. The minimum absolute atomic E-state index is 0.176. The van der Waals surface area contributed by atoms with Crippen LogP contribution in [-0.2, 0) is 6.42 Å². The standard InChI is InChI=1S/C19H29NO/c21-19(11-10-16-6-2-1-3-7-16)15-20-13-12-17-8-4-5-9-18(17)14-20/h1-3,6-7,17-19,21H,4-5,8-15H2/t17-,18+,19-/m0/s1. The fourth-order valence-corrected chi connectivity index (χ4v) is 4.21. The SMILES string of the molecule is O[C@@H](CCc1ccccc1)CN1CC[C@@H]2CCCC[C@@H]2C1. The first-order valence-electron chi connectivity index (χ1n) is 8.75. The highest BCUT2D eigenvalue weighted by molar-refractivity contribution is 5.14. The first-order valence-corrected chi connectivity index (χ1v) is 8.75. The van der Waals surface area contributed by atoms with Crippen LogP contribution in [0.1, 0.15) is 44.1 Å². The highest BCUT2D eigenvalue weighted by atomic mass is 16.3. The summed E-state index contributed by atoms with van der Waals surface area (Å²) >= 11 is 0. The van der Waals surface area contributed by atoms with Crippen molar-refractivity contribution >= 4 is 0 Å². The van der Waals surface area contributed by atoms with Crippen LogP contribution in [0.5, 0.6) is 0 Å². The molecule has 0 bridgehead atoms. The lowest BCUT2D eigenvalue weighted by atomic mass is 9.75. The molecule has 2 aliphatic rings. The molecule has 1 aliphatic heterocycles. The van der Waals surface area contributed by atoms with Crippen LogP contribution in [-0.4, -0.2) is 35.7 Å². The van der Waals surface area contributed by atoms with E-state index in [-0.39, 0.29) is 6.10 Å². The molecule has 0 radical (unpaired) electrons. The predicted octanol–water partition coefficient (Wildman–Crippen LogP) is 3.49. The van der Waals surface area contributed by atoms with E-state index in [1.54, 1.807) is 0 Å². The maximum Gasteiger partial charge on any atom is 0.0670 e. The molecular formula is C19H29NO. The van der Waals surface area contributed by atoms with Gasteiger partial charge in [-0.15, -0.1) is 0 Å². The van der Waals surface area contributed by atoms with E-state index in [1.165, 1.54) is 50.8 Å². The summed E-state index contributed by atoms with van der Waals surface area (Å²) in [6, 6.07) is 10.5. The number of nitrogens with zero attached hydrogens (tertiary/aromatic N) is 1. The first-order chi connectivity index (χ1) is 10.3. The van der Waals surface area contributed by atoms with Crippen molar-refractivity contribution in [3.8, 4) is 0 Å². The first kappa shape index (κ1) is 15.1. The second-order valence-corrected chi connectivity index (χ2v) is 7.03. The Morgan fingerprint density at radius 1 is 1.05 bits per heavy atom. The topological polar surface area (TPSA) is 23.5 Å². The summed E-state index contributed by atoms with van der Waals surface area (Å²) in [7, 11) is 0. The molecule has 0 unspecified atom stereocenters. The third-order valence-electron chi connectivity index (χ3n) is 5.45. The molecular weight excluding hydrogens is 258 g/mol. The molecule has 21 heavy (non-hydrogen) atoms. The fourth-order valence-electron chi connectivity index (χ4n) is 4.21. The molecule has 0 aromatic heterocycles. The van der Waals surface area contributed by atoms with E-state index in [9.17, 15) is 5.11 Å². The van der Waals surface area contributed by atoms with Gasteiger partial charge in [0.15, 0.2) is 0 Å². The van der Waals surface area contributed by atoms with Gasteiger partial charge in [0, 0.05) is 13.1 Å². The quantitative estimate of drug-likeness (QED) is 0.896. The van der Waals surface area contributed by atoms with E-state index < -0.39 is 0 Å². The Hall–Kier alpha value is -0.860. The van der Waals surface area contributed by atoms with Gasteiger partial charge in [0.05, 0.1) is 6.10 Å². The fraction of sp³-hybridized carbons (Fsp3) is 0.684. The molecule has 1 saturated carbocycles. The molecule has 2 nitrogen and oxygen atoms in total. The zero-order chi connectivity index (χ0) is 14.5. The Labute approximate surface area is 129 Å². The zero-order valence-corrected chi connectivity index (χ0v) is 13.1. The van der Waals surface area contributed by atoms with Crippen LogP contribution < -0.4 is 0 Å². The Balaban J connectivity index is 1.41. The average molecular weight is 287 g/mol. The molecule has 2 fully saturated rings. The molecule has 3 atom stereocenters. The van der Waals surface area contributed by atoms with Crippen LogP contribution in [0.25, 0.3) is 0 Å². The maximum atomic E-state index is 10.3. The largest absolute Gasteiger partial charge is 0.392 e. The van der Waals surface area contributed by atoms with Gasteiger partial charge >= 0.3 is 0 Å². The summed E-state index contributed by atoms with van der Waals surface area (Å²) in [5.41, 5.74) is 1.34.